The Balaban J connectivity index is 1.78. The molecular weight excluding hydrogens is 290 g/mol. The lowest BCUT2D eigenvalue weighted by molar-refractivity contribution is 0.0696. The van der Waals surface area contributed by atoms with E-state index in [0.717, 1.165) is 27.8 Å². The molecule has 5 nitrogen and oxygen atoms in total. The SMILES string of the molecule is O=C(O)c1ccc(Sc2ccc3c(c2)OCCCO3)nc1. The van der Waals surface area contributed by atoms with Crippen molar-refractivity contribution in [2.75, 3.05) is 13.2 Å². The molecule has 1 N–H and O–H groups in total. The fourth-order valence-electron chi connectivity index (χ4n) is 1.90. The first-order valence-corrected chi connectivity index (χ1v) is 7.31. The molecular formula is C15H13NO4S. The van der Waals surface area contributed by atoms with Gasteiger partial charge in [-0.1, -0.05) is 11.8 Å². The molecule has 0 fully saturated rings. The van der Waals surface area contributed by atoms with Gasteiger partial charge in [-0.25, -0.2) is 9.78 Å². The van der Waals surface area contributed by atoms with Crippen molar-refractivity contribution in [2.24, 2.45) is 0 Å². The van der Waals surface area contributed by atoms with E-state index in [1.165, 1.54) is 18.0 Å². The molecule has 0 spiro atoms. The maximum absolute atomic E-state index is 10.8. The highest BCUT2D eigenvalue weighted by molar-refractivity contribution is 7.99. The van der Waals surface area contributed by atoms with Crippen molar-refractivity contribution in [3.8, 4) is 11.5 Å². The van der Waals surface area contributed by atoms with Crippen LogP contribution >= 0.6 is 11.8 Å². The van der Waals surface area contributed by atoms with Crippen LogP contribution in [0.5, 0.6) is 11.5 Å². The monoisotopic (exact) mass is 303 g/mol. The number of aromatic carboxylic acids is 1. The molecule has 0 amide bonds. The summed E-state index contributed by atoms with van der Waals surface area (Å²) in [5, 5.41) is 9.58. The summed E-state index contributed by atoms with van der Waals surface area (Å²) in [6, 6.07) is 8.97. The van der Waals surface area contributed by atoms with Gasteiger partial charge in [0, 0.05) is 17.5 Å². The van der Waals surface area contributed by atoms with Gasteiger partial charge in [0.2, 0.25) is 0 Å². The largest absolute Gasteiger partial charge is 0.490 e. The van der Waals surface area contributed by atoms with Crippen molar-refractivity contribution >= 4 is 17.7 Å². The number of hydrogen-bond donors (Lipinski definition) is 1. The van der Waals surface area contributed by atoms with Crippen LogP contribution in [0.25, 0.3) is 0 Å². The third-order valence-electron chi connectivity index (χ3n) is 2.92. The van der Waals surface area contributed by atoms with Gasteiger partial charge in [0.05, 0.1) is 18.8 Å². The number of hydrogen-bond acceptors (Lipinski definition) is 5. The molecule has 108 valence electrons. The van der Waals surface area contributed by atoms with Crippen molar-refractivity contribution in [1.82, 2.24) is 4.98 Å². The summed E-state index contributed by atoms with van der Waals surface area (Å²) >= 11 is 1.45. The number of benzene rings is 1. The molecule has 2 heterocycles. The highest BCUT2D eigenvalue weighted by Crippen LogP contribution is 2.35. The van der Waals surface area contributed by atoms with Crippen molar-refractivity contribution in [1.29, 1.82) is 0 Å². The van der Waals surface area contributed by atoms with Gasteiger partial charge < -0.3 is 14.6 Å². The van der Waals surface area contributed by atoms with Gasteiger partial charge >= 0.3 is 5.97 Å². The van der Waals surface area contributed by atoms with Crippen LogP contribution in [0, 0.1) is 0 Å². The van der Waals surface area contributed by atoms with Gasteiger partial charge in [-0.15, -0.1) is 0 Å². The number of ether oxygens (including phenoxy) is 2. The van der Waals surface area contributed by atoms with Gasteiger partial charge in [0.1, 0.15) is 5.03 Å². The van der Waals surface area contributed by atoms with E-state index in [1.807, 2.05) is 18.2 Å². The van der Waals surface area contributed by atoms with Crippen LogP contribution in [-0.4, -0.2) is 29.3 Å². The highest BCUT2D eigenvalue weighted by Gasteiger charge is 2.11. The summed E-state index contributed by atoms with van der Waals surface area (Å²) in [6.45, 7) is 1.31. The maximum atomic E-state index is 10.8. The molecule has 0 unspecified atom stereocenters. The van der Waals surface area contributed by atoms with Crippen molar-refractivity contribution in [2.45, 2.75) is 16.3 Å². The zero-order valence-electron chi connectivity index (χ0n) is 11.1. The Morgan fingerprint density at radius 2 is 1.95 bits per heavy atom. The molecule has 1 aliphatic heterocycles. The molecule has 3 rings (SSSR count). The second-order valence-electron chi connectivity index (χ2n) is 4.45. The fraction of sp³-hybridized carbons (Fsp3) is 0.200. The minimum Gasteiger partial charge on any atom is -0.490 e. The Morgan fingerprint density at radius 3 is 2.67 bits per heavy atom. The lowest BCUT2D eigenvalue weighted by Gasteiger charge is -2.08. The Hall–Kier alpha value is -2.21. The first-order valence-electron chi connectivity index (χ1n) is 6.49. The average molecular weight is 303 g/mol. The van der Waals surface area contributed by atoms with E-state index in [4.69, 9.17) is 14.6 Å². The highest BCUT2D eigenvalue weighted by atomic mass is 32.2. The normalized spacial score (nSPS) is 13.5. The molecule has 0 aliphatic carbocycles. The predicted molar refractivity (Wildman–Crippen MR) is 77.4 cm³/mol. The third kappa shape index (κ3) is 3.28. The Morgan fingerprint density at radius 1 is 1.14 bits per heavy atom. The number of carboxylic acids is 1. The van der Waals surface area contributed by atoms with E-state index in [-0.39, 0.29) is 5.56 Å². The Kier molecular flexibility index (Phi) is 3.96. The van der Waals surface area contributed by atoms with Crippen LogP contribution in [0.4, 0.5) is 0 Å². The molecule has 0 radical (unpaired) electrons. The molecule has 0 bridgehead atoms. The molecule has 0 atom stereocenters. The molecule has 6 heteroatoms. The Labute approximate surface area is 125 Å². The number of carbonyl (C=O) groups is 1. The number of aromatic nitrogens is 1. The van der Waals surface area contributed by atoms with Crippen LogP contribution in [0.3, 0.4) is 0 Å². The Bertz CT molecular complexity index is 657. The van der Waals surface area contributed by atoms with Gasteiger partial charge in [0.25, 0.3) is 0 Å². The van der Waals surface area contributed by atoms with Crippen LogP contribution in [0.1, 0.15) is 16.8 Å². The summed E-state index contributed by atoms with van der Waals surface area (Å²) in [4.78, 5) is 15.9. The minimum atomic E-state index is -0.977. The van der Waals surface area contributed by atoms with Crippen LogP contribution < -0.4 is 9.47 Å². The first-order chi connectivity index (χ1) is 10.2. The second-order valence-corrected chi connectivity index (χ2v) is 5.55. The van der Waals surface area contributed by atoms with Gasteiger partial charge in [-0.3, -0.25) is 0 Å². The second kappa shape index (κ2) is 6.05. The molecule has 0 saturated carbocycles. The summed E-state index contributed by atoms with van der Waals surface area (Å²) < 4.78 is 11.2. The predicted octanol–water partition coefficient (Wildman–Crippen LogP) is 3.09. The lowest BCUT2D eigenvalue weighted by Crippen LogP contribution is -1.97. The number of carboxylic acid groups (broad SMARTS) is 1. The van der Waals surface area contributed by atoms with Crippen molar-refractivity contribution < 1.29 is 19.4 Å². The summed E-state index contributed by atoms with van der Waals surface area (Å²) in [7, 11) is 0. The quantitative estimate of drug-likeness (QED) is 0.939. The topological polar surface area (TPSA) is 68.7 Å². The first kappa shape index (κ1) is 13.8. The van der Waals surface area contributed by atoms with E-state index in [1.54, 1.807) is 12.1 Å². The summed E-state index contributed by atoms with van der Waals surface area (Å²) in [5.74, 6) is 0.514. The minimum absolute atomic E-state index is 0.179. The fourth-order valence-corrected chi connectivity index (χ4v) is 2.68. The third-order valence-corrected chi connectivity index (χ3v) is 3.86. The van der Waals surface area contributed by atoms with Crippen LogP contribution in [0.2, 0.25) is 0 Å². The molecule has 21 heavy (non-hydrogen) atoms. The molecule has 1 aromatic heterocycles. The van der Waals surface area contributed by atoms with Crippen LogP contribution in [0.15, 0.2) is 46.5 Å². The number of fused-ring (bicyclic) bond motifs is 1. The van der Waals surface area contributed by atoms with Crippen molar-refractivity contribution in [3.05, 3.63) is 42.1 Å². The van der Waals surface area contributed by atoms with Gasteiger partial charge in [-0.05, 0) is 30.3 Å². The molecule has 1 aromatic carbocycles. The van der Waals surface area contributed by atoms with Gasteiger partial charge in [0.15, 0.2) is 11.5 Å². The zero-order valence-corrected chi connectivity index (χ0v) is 11.9. The average Bonchev–Trinajstić information content (AvgIpc) is 2.72. The smallest absolute Gasteiger partial charge is 0.337 e. The van der Waals surface area contributed by atoms with Crippen molar-refractivity contribution in [3.63, 3.8) is 0 Å². The van der Waals surface area contributed by atoms with E-state index in [2.05, 4.69) is 4.98 Å². The number of pyridine rings is 1. The maximum Gasteiger partial charge on any atom is 0.337 e. The van der Waals surface area contributed by atoms with E-state index in [0.29, 0.717) is 13.2 Å². The van der Waals surface area contributed by atoms with Gasteiger partial charge in [-0.2, -0.15) is 0 Å². The van der Waals surface area contributed by atoms with E-state index >= 15 is 0 Å². The number of rotatable bonds is 3. The summed E-state index contributed by atoms with van der Waals surface area (Å²) in [5.41, 5.74) is 0.179. The molecule has 1 aliphatic rings. The van der Waals surface area contributed by atoms with E-state index < -0.39 is 5.97 Å². The zero-order chi connectivity index (χ0) is 14.7. The molecule has 0 saturated heterocycles. The molecule has 2 aromatic rings. The van der Waals surface area contributed by atoms with Crippen LogP contribution in [-0.2, 0) is 0 Å². The lowest BCUT2D eigenvalue weighted by atomic mass is 10.3. The number of nitrogens with zero attached hydrogens (tertiary/aromatic N) is 1. The van der Waals surface area contributed by atoms with E-state index in [9.17, 15) is 4.79 Å². The summed E-state index contributed by atoms with van der Waals surface area (Å²) in [6.07, 6.45) is 2.23. The standard InChI is InChI=1S/C15H13NO4S/c17-15(18)10-2-5-14(16-9-10)21-11-3-4-12-13(8-11)20-7-1-6-19-12/h2-5,8-9H,1,6-7H2,(H,17,18).